The van der Waals surface area contributed by atoms with Gasteiger partial charge in [-0.15, -0.1) is 0 Å². The largest absolute Gasteiger partial charge is 0.468 e. The van der Waals surface area contributed by atoms with Crippen molar-refractivity contribution in [3.63, 3.8) is 0 Å². The highest BCUT2D eigenvalue weighted by Gasteiger charge is 2.13. The van der Waals surface area contributed by atoms with Crippen molar-refractivity contribution in [2.24, 2.45) is 10.8 Å². The third kappa shape index (κ3) is 5.52. The minimum Gasteiger partial charge on any atom is -0.468 e. The number of rotatable bonds is 7. The summed E-state index contributed by atoms with van der Waals surface area (Å²) in [5, 5.41) is 6.13. The highest BCUT2D eigenvalue weighted by Crippen LogP contribution is 2.12. The van der Waals surface area contributed by atoms with Crippen LogP contribution in [0.5, 0.6) is 0 Å². The van der Waals surface area contributed by atoms with Crippen molar-refractivity contribution in [3.05, 3.63) is 40.3 Å². The van der Waals surface area contributed by atoms with E-state index >= 15 is 0 Å². The Labute approximate surface area is 121 Å². The quantitative estimate of drug-likeness (QED) is 0.260. The van der Waals surface area contributed by atoms with E-state index in [4.69, 9.17) is 11.3 Å². The number of methoxy groups -OCH3 is 1. The van der Waals surface area contributed by atoms with Gasteiger partial charge in [-0.05, 0) is 30.5 Å². The van der Waals surface area contributed by atoms with E-state index < -0.39 is 12.0 Å². The number of esters is 1. The maximum Gasteiger partial charge on any atom is 0.322 e. The third-order valence-corrected chi connectivity index (χ3v) is 2.77. The highest BCUT2D eigenvalue weighted by molar-refractivity contribution is 5.94. The van der Waals surface area contributed by atoms with E-state index in [1.165, 1.54) is 7.11 Å². The Bertz CT molecular complexity index is 537. The summed E-state index contributed by atoms with van der Waals surface area (Å²) < 4.78 is 4.50. The highest BCUT2D eigenvalue weighted by atomic mass is 16.5. The monoisotopic (exact) mass is 291 g/mol. The summed E-state index contributed by atoms with van der Waals surface area (Å²) in [6.45, 7) is 0.404. The molecule has 0 unspecified atom stereocenters. The molecule has 0 radical (unpaired) electrons. The molecule has 3 N–H and O–H groups in total. The third-order valence-electron chi connectivity index (χ3n) is 2.77. The summed E-state index contributed by atoms with van der Waals surface area (Å²) in [6, 6.07) is 5.58. The van der Waals surface area contributed by atoms with Gasteiger partial charge in [0, 0.05) is 22.7 Å². The molecule has 112 valence electrons. The van der Waals surface area contributed by atoms with Crippen LogP contribution in [-0.4, -0.2) is 31.6 Å². The fourth-order valence-corrected chi connectivity index (χ4v) is 1.63. The van der Waals surface area contributed by atoms with Crippen molar-refractivity contribution in [2.45, 2.75) is 18.9 Å². The summed E-state index contributed by atoms with van der Waals surface area (Å²) in [4.78, 5) is 25.5. The van der Waals surface area contributed by atoms with Crippen molar-refractivity contribution in [1.82, 2.24) is 5.32 Å². The van der Waals surface area contributed by atoms with E-state index in [0.717, 1.165) is 0 Å². The van der Waals surface area contributed by atoms with Gasteiger partial charge in [-0.1, -0.05) is 17.2 Å². The van der Waals surface area contributed by atoms with Crippen molar-refractivity contribution in [3.8, 4) is 0 Å². The standard InChI is InChI=1S/C13H17N5O3/c1-21-13(20)11(14)3-2-8-16-12(19)9-4-6-10(7-5-9)17-18-15/h4-7,11H,2-3,8,14H2,1H3,(H,16,19)/t11-/m0/s1. The molecule has 0 bridgehead atoms. The van der Waals surface area contributed by atoms with Gasteiger partial charge in [0.1, 0.15) is 6.04 Å². The maximum absolute atomic E-state index is 11.8. The molecule has 0 aliphatic carbocycles. The van der Waals surface area contributed by atoms with E-state index in [2.05, 4.69) is 20.1 Å². The molecule has 1 amide bonds. The Morgan fingerprint density at radius 2 is 2.10 bits per heavy atom. The minimum atomic E-state index is -0.671. The Morgan fingerprint density at radius 1 is 1.43 bits per heavy atom. The second kappa shape index (κ2) is 8.57. The lowest BCUT2D eigenvalue weighted by Gasteiger charge is -2.09. The number of benzene rings is 1. The number of amides is 1. The Hall–Kier alpha value is -2.57. The first-order valence-corrected chi connectivity index (χ1v) is 6.35. The topological polar surface area (TPSA) is 130 Å². The summed E-state index contributed by atoms with van der Waals surface area (Å²) in [6.07, 6.45) is 1.00. The number of ether oxygens (including phenoxy) is 1. The Balaban J connectivity index is 2.37. The van der Waals surface area contributed by atoms with E-state index in [0.29, 0.717) is 30.6 Å². The number of carbonyl (C=O) groups is 2. The maximum atomic E-state index is 11.8. The number of nitrogens with two attached hydrogens (primary N) is 1. The van der Waals surface area contributed by atoms with Gasteiger partial charge in [0.25, 0.3) is 5.91 Å². The average Bonchev–Trinajstić information content (AvgIpc) is 2.51. The van der Waals surface area contributed by atoms with Gasteiger partial charge in [0.15, 0.2) is 0 Å². The van der Waals surface area contributed by atoms with Crippen LogP contribution >= 0.6 is 0 Å². The zero-order valence-corrected chi connectivity index (χ0v) is 11.7. The van der Waals surface area contributed by atoms with Crippen molar-refractivity contribution >= 4 is 17.6 Å². The summed E-state index contributed by atoms with van der Waals surface area (Å²) in [5.74, 6) is -0.705. The van der Waals surface area contributed by atoms with E-state index in [-0.39, 0.29) is 5.91 Å². The number of nitrogens with one attached hydrogen (secondary N) is 1. The zero-order valence-electron chi connectivity index (χ0n) is 11.7. The number of carbonyl (C=O) groups excluding carboxylic acids is 2. The van der Waals surface area contributed by atoms with E-state index in [1.54, 1.807) is 24.3 Å². The summed E-state index contributed by atoms with van der Waals surface area (Å²) in [7, 11) is 1.28. The van der Waals surface area contributed by atoms with Crippen LogP contribution in [0.3, 0.4) is 0 Å². The van der Waals surface area contributed by atoms with Gasteiger partial charge in [0.2, 0.25) is 0 Å². The van der Waals surface area contributed by atoms with Gasteiger partial charge in [-0.25, -0.2) is 0 Å². The molecule has 0 saturated carbocycles. The van der Waals surface area contributed by atoms with Gasteiger partial charge < -0.3 is 15.8 Å². The second-order valence-corrected chi connectivity index (χ2v) is 4.26. The normalized spacial score (nSPS) is 11.1. The van der Waals surface area contributed by atoms with Crippen LogP contribution < -0.4 is 11.1 Å². The number of nitrogens with zero attached hydrogens (tertiary/aromatic N) is 3. The molecule has 0 aliphatic heterocycles. The molecule has 1 rings (SSSR count). The molecule has 8 nitrogen and oxygen atoms in total. The molecule has 1 atom stereocenters. The van der Waals surface area contributed by atoms with Crippen LogP contribution in [0.25, 0.3) is 10.4 Å². The molecule has 1 aromatic carbocycles. The van der Waals surface area contributed by atoms with Crippen molar-refractivity contribution < 1.29 is 14.3 Å². The Morgan fingerprint density at radius 3 is 2.67 bits per heavy atom. The summed E-state index contributed by atoms with van der Waals surface area (Å²) >= 11 is 0. The first kappa shape index (κ1) is 16.5. The predicted molar refractivity (Wildman–Crippen MR) is 76.8 cm³/mol. The SMILES string of the molecule is COC(=O)[C@@H](N)CCCNC(=O)c1ccc(N=[N+]=[N-])cc1. The zero-order chi connectivity index (χ0) is 15.7. The van der Waals surface area contributed by atoms with Crippen LogP contribution in [-0.2, 0) is 9.53 Å². The lowest BCUT2D eigenvalue weighted by Crippen LogP contribution is -2.33. The van der Waals surface area contributed by atoms with Gasteiger partial charge in [-0.2, -0.15) is 0 Å². The minimum absolute atomic E-state index is 0.242. The number of hydrogen-bond acceptors (Lipinski definition) is 5. The van der Waals surface area contributed by atoms with Crippen LogP contribution in [0.2, 0.25) is 0 Å². The van der Waals surface area contributed by atoms with E-state index in [1.807, 2.05) is 0 Å². The fraction of sp³-hybridized carbons (Fsp3) is 0.385. The molecule has 0 heterocycles. The molecule has 0 aliphatic rings. The Kier molecular flexibility index (Phi) is 6.73. The number of hydrogen-bond donors (Lipinski definition) is 2. The van der Waals surface area contributed by atoms with Crippen LogP contribution in [0.15, 0.2) is 29.4 Å². The van der Waals surface area contributed by atoms with Gasteiger partial charge in [0.05, 0.1) is 7.11 Å². The second-order valence-electron chi connectivity index (χ2n) is 4.26. The molecular weight excluding hydrogens is 274 g/mol. The number of azide groups is 1. The van der Waals surface area contributed by atoms with Crippen LogP contribution in [0, 0.1) is 0 Å². The summed E-state index contributed by atoms with van der Waals surface area (Å²) in [5.41, 5.74) is 14.8. The molecule has 0 aromatic heterocycles. The first-order chi connectivity index (χ1) is 10.1. The predicted octanol–water partition coefficient (Wildman–Crippen LogP) is 1.64. The fourth-order valence-electron chi connectivity index (χ4n) is 1.63. The van der Waals surface area contributed by atoms with Crippen LogP contribution in [0.1, 0.15) is 23.2 Å². The van der Waals surface area contributed by atoms with E-state index in [9.17, 15) is 9.59 Å². The lowest BCUT2D eigenvalue weighted by molar-refractivity contribution is -0.142. The van der Waals surface area contributed by atoms with Gasteiger partial charge >= 0.3 is 5.97 Å². The smallest absolute Gasteiger partial charge is 0.322 e. The van der Waals surface area contributed by atoms with Crippen LogP contribution in [0.4, 0.5) is 5.69 Å². The van der Waals surface area contributed by atoms with Crippen molar-refractivity contribution in [1.29, 1.82) is 0 Å². The van der Waals surface area contributed by atoms with Gasteiger partial charge in [-0.3, -0.25) is 9.59 Å². The molecule has 0 saturated heterocycles. The molecule has 21 heavy (non-hydrogen) atoms. The molecular formula is C13H17N5O3. The molecule has 0 fully saturated rings. The molecule has 1 aromatic rings. The lowest BCUT2D eigenvalue weighted by atomic mass is 10.1. The average molecular weight is 291 g/mol. The molecule has 8 heteroatoms. The first-order valence-electron chi connectivity index (χ1n) is 6.35. The van der Waals surface area contributed by atoms with Crippen molar-refractivity contribution in [2.75, 3.05) is 13.7 Å². The molecule has 0 spiro atoms.